The Labute approximate surface area is 113 Å². The van der Waals surface area contributed by atoms with Crippen molar-refractivity contribution < 1.29 is 4.74 Å². The standard InChI is InChI=1S/C13H19Cl2NO/c1-3-8-16-12(9-17-4-2)10-6-5-7-11(14)13(10)15/h5-7,12,16H,3-4,8-9H2,1-2H3. The molecule has 0 aromatic heterocycles. The quantitative estimate of drug-likeness (QED) is 0.810. The highest BCUT2D eigenvalue weighted by atomic mass is 35.5. The fourth-order valence-electron chi connectivity index (χ4n) is 1.60. The Bertz CT molecular complexity index is 336. The monoisotopic (exact) mass is 275 g/mol. The summed E-state index contributed by atoms with van der Waals surface area (Å²) in [6.45, 7) is 6.35. The molecule has 0 aliphatic rings. The highest BCUT2D eigenvalue weighted by Crippen LogP contribution is 2.30. The van der Waals surface area contributed by atoms with Crippen molar-refractivity contribution in [1.29, 1.82) is 0 Å². The van der Waals surface area contributed by atoms with Gasteiger partial charge in [0.05, 0.1) is 22.7 Å². The molecular formula is C13H19Cl2NO. The normalized spacial score (nSPS) is 12.7. The van der Waals surface area contributed by atoms with Crippen LogP contribution in [0.15, 0.2) is 18.2 Å². The number of rotatable bonds is 7. The van der Waals surface area contributed by atoms with Gasteiger partial charge in [-0.3, -0.25) is 0 Å². The highest BCUT2D eigenvalue weighted by Gasteiger charge is 2.15. The number of ether oxygens (including phenoxy) is 1. The van der Waals surface area contributed by atoms with Crippen molar-refractivity contribution >= 4 is 23.2 Å². The van der Waals surface area contributed by atoms with Gasteiger partial charge in [-0.15, -0.1) is 0 Å². The van der Waals surface area contributed by atoms with Crippen LogP contribution in [0.25, 0.3) is 0 Å². The van der Waals surface area contributed by atoms with Crippen molar-refractivity contribution in [2.24, 2.45) is 0 Å². The fraction of sp³-hybridized carbons (Fsp3) is 0.538. The predicted molar refractivity (Wildman–Crippen MR) is 74.0 cm³/mol. The van der Waals surface area contributed by atoms with Gasteiger partial charge in [0.2, 0.25) is 0 Å². The van der Waals surface area contributed by atoms with Crippen molar-refractivity contribution in [3.8, 4) is 0 Å². The molecule has 0 saturated heterocycles. The summed E-state index contributed by atoms with van der Waals surface area (Å²) in [4.78, 5) is 0. The molecule has 4 heteroatoms. The average molecular weight is 276 g/mol. The number of hydrogen-bond donors (Lipinski definition) is 1. The predicted octanol–water partition coefficient (Wildman–Crippen LogP) is 4.07. The van der Waals surface area contributed by atoms with Crippen molar-refractivity contribution in [1.82, 2.24) is 5.32 Å². The molecule has 0 fully saturated rings. The van der Waals surface area contributed by atoms with Gasteiger partial charge in [-0.1, -0.05) is 42.3 Å². The lowest BCUT2D eigenvalue weighted by Crippen LogP contribution is -2.26. The zero-order chi connectivity index (χ0) is 12.7. The van der Waals surface area contributed by atoms with E-state index >= 15 is 0 Å². The van der Waals surface area contributed by atoms with E-state index in [-0.39, 0.29) is 6.04 Å². The molecule has 0 spiro atoms. The molecule has 1 rings (SSSR count). The first kappa shape index (κ1) is 14.8. The Hall–Kier alpha value is -0.280. The van der Waals surface area contributed by atoms with E-state index in [1.54, 1.807) is 6.07 Å². The molecule has 1 N–H and O–H groups in total. The third-order valence-electron chi connectivity index (χ3n) is 2.49. The van der Waals surface area contributed by atoms with Crippen LogP contribution in [0.4, 0.5) is 0 Å². The van der Waals surface area contributed by atoms with E-state index in [1.165, 1.54) is 0 Å². The molecule has 0 radical (unpaired) electrons. The van der Waals surface area contributed by atoms with Crippen LogP contribution < -0.4 is 5.32 Å². The Morgan fingerprint density at radius 2 is 2.06 bits per heavy atom. The van der Waals surface area contributed by atoms with Gasteiger partial charge in [0.15, 0.2) is 0 Å². The van der Waals surface area contributed by atoms with Crippen molar-refractivity contribution in [3.63, 3.8) is 0 Å². The van der Waals surface area contributed by atoms with Gasteiger partial charge in [-0.05, 0) is 31.5 Å². The van der Waals surface area contributed by atoms with Crippen LogP contribution >= 0.6 is 23.2 Å². The molecule has 17 heavy (non-hydrogen) atoms. The number of nitrogens with one attached hydrogen (secondary N) is 1. The van der Waals surface area contributed by atoms with E-state index in [4.69, 9.17) is 27.9 Å². The summed E-state index contributed by atoms with van der Waals surface area (Å²) in [5.74, 6) is 0. The molecule has 0 bridgehead atoms. The maximum Gasteiger partial charge on any atom is 0.0661 e. The molecule has 1 unspecified atom stereocenters. The van der Waals surface area contributed by atoms with E-state index in [9.17, 15) is 0 Å². The second kappa shape index (κ2) is 7.93. The molecule has 0 heterocycles. The Kier molecular flexibility index (Phi) is 6.90. The molecule has 1 atom stereocenters. The third kappa shape index (κ3) is 4.47. The van der Waals surface area contributed by atoms with Gasteiger partial charge in [0.1, 0.15) is 0 Å². The Morgan fingerprint density at radius 3 is 2.71 bits per heavy atom. The minimum absolute atomic E-state index is 0.0982. The molecule has 1 aromatic rings. The molecular weight excluding hydrogens is 257 g/mol. The van der Waals surface area contributed by atoms with Crippen LogP contribution in [0.5, 0.6) is 0 Å². The lowest BCUT2D eigenvalue weighted by molar-refractivity contribution is 0.123. The molecule has 0 saturated carbocycles. The fourth-order valence-corrected chi connectivity index (χ4v) is 2.04. The van der Waals surface area contributed by atoms with Gasteiger partial charge < -0.3 is 10.1 Å². The summed E-state index contributed by atoms with van der Waals surface area (Å²) < 4.78 is 5.48. The SMILES string of the molecule is CCCNC(COCC)c1cccc(Cl)c1Cl. The van der Waals surface area contributed by atoms with Crippen molar-refractivity contribution in [3.05, 3.63) is 33.8 Å². The zero-order valence-corrected chi connectivity index (χ0v) is 11.8. The zero-order valence-electron chi connectivity index (χ0n) is 10.3. The van der Waals surface area contributed by atoms with Crippen LogP contribution in [-0.2, 0) is 4.74 Å². The average Bonchev–Trinajstić information content (AvgIpc) is 2.34. The van der Waals surface area contributed by atoms with E-state index < -0.39 is 0 Å². The Morgan fingerprint density at radius 1 is 1.29 bits per heavy atom. The van der Waals surface area contributed by atoms with Crippen LogP contribution in [0.2, 0.25) is 10.0 Å². The van der Waals surface area contributed by atoms with Gasteiger partial charge in [0, 0.05) is 6.61 Å². The van der Waals surface area contributed by atoms with Gasteiger partial charge in [-0.25, -0.2) is 0 Å². The maximum atomic E-state index is 6.22. The van der Waals surface area contributed by atoms with Crippen LogP contribution in [0.3, 0.4) is 0 Å². The largest absolute Gasteiger partial charge is 0.380 e. The molecule has 96 valence electrons. The van der Waals surface area contributed by atoms with E-state index in [2.05, 4.69) is 12.2 Å². The summed E-state index contributed by atoms with van der Waals surface area (Å²) in [6.07, 6.45) is 1.07. The minimum atomic E-state index is 0.0982. The minimum Gasteiger partial charge on any atom is -0.380 e. The lowest BCUT2D eigenvalue weighted by Gasteiger charge is -2.20. The molecule has 0 aliphatic carbocycles. The summed E-state index contributed by atoms with van der Waals surface area (Å²) in [6, 6.07) is 5.79. The van der Waals surface area contributed by atoms with E-state index in [0.29, 0.717) is 23.3 Å². The number of halogens is 2. The van der Waals surface area contributed by atoms with E-state index in [0.717, 1.165) is 18.5 Å². The van der Waals surface area contributed by atoms with Crippen LogP contribution in [-0.4, -0.2) is 19.8 Å². The van der Waals surface area contributed by atoms with Gasteiger partial charge in [-0.2, -0.15) is 0 Å². The summed E-state index contributed by atoms with van der Waals surface area (Å²) >= 11 is 12.2. The summed E-state index contributed by atoms with van der Waals surface area (Å²) in [5.41, 5.74) is 1.00. The lowest BCUT2D eigenvalue weighted by atomic mass is 10.1. The van der Waals surface area contributed by atoms with E-state index in [1.807, 2.05) is 19.1 Å². The highest BCUT2D eigenvalue weighted by molar-refractivity contribution is 6.42. The number of hydrogen-bond acceptors (Lipinski definition) is 2. The summed E-state index contributed by atoms with van der Waals surface area (Å²) in [5, 5.41) is 4.62. The second-order valence-electron chi connectivity index (χ2n) is 3.81. The van der Waals surface area contributed by atoms with Crippen LogP contribution in [0, 0.1) is 0 Å². The summed E-state index contributed by atoms with van der Waals surface area (Å²) in [7, 11) is 0. The van der Waals surface area contributed by atoms with Crippen molar-refractivity contribution in [2.45, 2.75) is 26.3 Å². The van der Waals surface area contributed by atoms with Crippen LogP contribution in [0.1, 0.15) is 31.9 Å². The molecule has 2 nitrogen and oxygen atoms in total. The smallest absolute Gasteiger partial charge is 0.0661 e. The molecule has 0 amide bonds. The molecule has 1 aromatic carbocycles. The first-order chi connectivity index (χ1) is 8.20. The topological polar surface area (TPSA) is 21.3 Å². The maximum absolute atomic E-state index is 6.22. The first-order valence-corrected chi connectivity index (χ1v) is 6.71. The van der Waals surface area contributed by atoms with Gasteiger partial charge >= 0.3 is 0 Å². The number of benzene rings is 1. The third-order valence-corrected chi connectivity index (χ3v) is 3.32. The van der Waals surface area contributed by atoms with Gasteiger partial charge in [0.25, 0.3) is 0 Å². The Balaban J connectivity index is 2.83. The van der Waals surface area contributed by atoms with Crippen molar-refractivity contribution in [2.75, 3.05) is 19.8 Å². The second-order valence-corrected chi connectivity index (χ2v) is 4.59. The first-order valence-electron chi connectivity index (χ1n) is 5.95. The molecule has 0 aliphatic heterocycles.